The van der Waals surface area contributed by atoms with E-state index in [0.717, 1.165) is 11.3 Å². The molecule has 0 bridgehead atoms. The van der Waals surface area contributed by atoms with Crippen LogP contribution in [0.3, 0.4) is 0 Å². The maximum Gasteiger partial charge on any atom is 0.269 e. The number of rotatable bonds is 4. The average molecular weight is 291 g/mol. The number of Topliss-reactive ketones (excluding diaryl/α,β-unsaturated/α-hetero) is 1. The SMILES string of the molecule is CC(=O)c1cnc(NC(=O)c2ccc([N+](=O)[O-])cc2)s1. The second kappa shape index (κ2) is 5.57. The van der Waals surface area contributed by atoms with Gasteiger partial charge >= 0.3 is 0 Å². The average Bonchev–Trinajstić information content (AvgIpc) is 2.87. The van der Waals surface area contributed by atoms with E-state index in [-0.39, 0.29) is 17.0 Å². The number of nitrogens with zero attached hydrogens (tertiary/aromatic N) is 2. The number of hydrogen-bond acceptors (Lipinski definition) is 6. The molecule has 0 saturated carbocycles. The van der Waals surface area contributed by atoms with Gasteiger partial charge in [-0.1, -0.05) is 11.3 Å². The van der Waals surface area contributed by atoms with Crippen LogP contribution in [-0.4, -0.2) is 21.6 Å². The zero-order chi connectivity index (χ0) is 14.7. The molecule has 0 atom stereocenters. The number of benzene rings is 1. The summed E-state index contributed by atoms with van der Waals surface area (Å²) < 4.78 is 0. The van der Waals surface area contributed by atoms with Crippen molar-refractivity contribution in [2.24, 2.45) is 0 Å². The van der Waals surface area contributed by atoms with Gasteiger partial charge in [0.1, 0.15) is 0 Å². The molecular weight excluding hydrogens is 282 g/mol. The molecule has 2 rings (SSSR count). The van der Waals surface area contributed by atoms with Crippen LogP contribution < -0.4 is 5.32 Å². The van der Waals surface area contributed by atoms with Crippen molar-refractivity contribution >= 4 is 33.8 Å². The van der Waals surface area contributed by atoms with E-state index >= 15 is 0 Å². The number of non-ortho nitro benzene ring substituents is 1. The van der Waals surface area contributed by atoms with Crippen LogP contribution in [0.4, 0.5) is 10.8 Å². The quantitative estimate of drug-likeness (QED) is 0.529. The minimum absolute atomic E-state index is 0.0883. The fourth-order valence-electron chi connectivity index (χ4n) is 1.40. The molecule has 1 heterocycles. The number of anilines is 1. The van der Waals surface area contributed by atoms with Gasteiger partial charge in [0.2, 0.25) is 0 Å². The predicted molar refractivity (Wildman–Crippen MR) is 73.2 cm³/mol. The lowest BCUT2D eigenvalue weighted by atomic mass is 10.2. The number of carbonyl (C=O) groups excluding carboxylic acids is 2. The summed E-state index contributed by atoms with van der Waals surface area (Å²) in [4.78, 5) is 37.3. The number of hydrogen-bond donors (Lipinski definition) is 1. The molecule has 0 aliphatic rings. The van der Waals surface area contributed by atoms with E-state index in [4.69, 9.17) is 0 Å². The standard InChI is InChI=1S/C12H9N3O4S/c1-7(16)10-6-13-12(20-10)14-11(17)8-2-4-9(5-3-8)15(18)19/h2-6H,1H3,(H,13,14,17). The zero-order valence-corrected chi connectivity index (χ0v) is 11.1. The molecule has 20 heavy (non-hydrogen) atoms. The third-order valence-corrected chi connectivity index (χ3v) is 3.43. The lowest BCUT2D eigenvalue weighted by molar-refractivity contribution is -0.384. The minimum Gasteiger partial charge on any atom is -0.298 e. The Balaban J connectivity index is 2.11. The summed E-state index contributed by atoms with van der Waals surface area (Å²) in [7, 11) is 0. The molecule has 0 saturated heterocycles. The van der Waals surface area contributed by atoms with Gasteiger partial charge in [0.25, 0.3) is 11.6 Å². The van der Waals surface area contributed by atoms with Crippen molar-refractivity contribution in [2.45, 2.75) is 6.92 Å². The highest BCUT2D eigenvalue weighted by molar-refractivity contribution is 7.17. The van der Waals surface area contributed by atoms with Crippen molar-refractivity contribution in [3.8, 4) is 0 Å². The van der Waals surface area contributed by atoms with E-state index in [1.54, 1.807) is 0 Å². The fourth-order valence-corrected chi connectivity index (χ4v) is 2.11. The Kier molecular flexibility index (Phi) is 3.85. The Labute approximate surface area is 117 Å². The van der Waals surface area contributed by atoms with Crippen molar-refractivity contribution < 1.29 is 14.5 Å². The van der Waals surface area contributed by atoms with Crippen LogP contribution in [0.25, 0.3) is 0 Å². The van der Waals surface area contributed by atoms with Gasteiger partial charge in [-0.05, 0) is 12.1 Å². The molecule has 8 heteroatoms. The molecular formula is C12H9N3O4S. The highest BCUT2D eigenvalue weighted by atomic mass is 32.1. The predicted octanol–water partition coefficient (Wildman–Crippen LogP) is 2.51. The van der Waals surface area contributed by atoms with Gasteiger partial charge in [-0.15, -0.1) is 0 Å². The first kappa shape index (κ1) is 13.8. The number of aromatic nitrogens is 1. The first-order valence-corrected chi connectivity index (χ1v) is 6.31. The van der Waals surface area contributed by atoms with Crippen molar-refractivity contribution in [3.05, 3.63) is 51.0 Å². The van der Waals surface area contributed by atoms with Crippen LogP contribution in [0.5, 0.6) is 0 Å². The molecule has 0 spiro atoms. The Morgan fingerprint density at radius 1 is 1.30 bits per heavy atom. The number of nitro benzene ring substituents is 1. The first-order chi connectivity index (χ1) is 9.47. The van der Waals surface area contributed by atoms with Crippen LogP contribution in [0, 0.1) is 10.1 Å². The van der Waals surface area contributed by atoms with E-state index in [9.17, 15) is 19.7 Å². The number of nitrogens with one attached hydrogen (secondary N) is 1. The molecule has 7 nitrogen and oxygen atoms in total. The molecule has 1 N–H and O–H groups in total. The van der Waals surface area contributed by atoms with Crippen LogP contribution in [-0.2, 0) is 0 Å². The largest absolute Gasteiger partial charge is 0.298 e. The molecule has 102 valence electrons. The Bertz CT molecular complexity index is 678. The smallest absolute Gasteiger partial charge is 0.269 e. The highest BCUT2D eigenvalue weighted by Gasteiger charge is 2.12. The van der Waals surface area contributed by atoms with Gasteiger partial charge in [0.05, 0.1) is 16.0 Å². The summed E-state index contributed by atoms with van der Waals surface area (Å²) in [6.45, 7) is 1.41. The van der Waals surface area contributed by atoms with Crippen molar-refractivity contribution in [1.29, 1.82) is 0 Å². The summed E-state index contributed by atoms with van der Waals surface area (Å²) >= 11 is 1.07. The van der Waals surface area contributed by atoms with E-state index < -0.39 is 10.8 Å². The maximum atomic E-state index is 11.9. The van der Waals surface area contributed by atoms with Gasteiger partial charge in [0, 0.05) is 24.6 Å². The topological polar surface area (TPSA) is 102 Å². The second-order valence-electron chi connectivity index (χ2n) is 3.84. The molecule has 0 aliphatic heterocycles. The van der Waals surface area contributed by atoms with Gasteiger partial charge < -0.3 is 0 Å². The Morgan fingerprint density at radius 2 is 1.95 bits per heavy atom. The monoisotopic (exact) mass is 291 g/mol. The molecule has 0 aliphatic carbocycles. The third-order valence-electron chi connectivity index (χ3n) is 2.41. The molecule has 1 aromatic carbocycles. The van der Waals surface area contributed by atoms with E-state index in [0.29, 0.717) is 10.0 Å². The summed E-state index contributed by atoms with van der Waals surface area (Å²) in [5.41, 5.74) is 0.185. The number of amides is 1. The number of carbonyl (C=O) groups is 2. The Morgan fingerprint density at radius 3 is 2.45 bits per heavy atom. The van der Waals surface area contributed by atoms with Gasteiger partial charge in [-0.2, -0.15) is 0 Å². The molecule has 0 unspecified atom stereocenters. The summed E-state index contributed by atoms with van der Waals surface area (Å²) in [5, 5.41) is 13.3. The molecule has 0 fully saturated rings. The van der Waals surface area contributed by atoms with Gasteiger partial charge in [-0.3, -0.25) is 25.0 Å². The van der Waals surface area contributed by atoms with Gasteiger partial charge in [-0.25, -0.2) is 4.98 Å². The maximum absolute atomic E-state index is 11.9. The van der Waals surface area contributed by atoms with Crippen LogP contribution >= 0.6 is 11.3 Å². The second-order valence-corrected chi connectivity index (χ2v) is 4.87. The zero-order valence-electron chi connectivity index (χ0n) is 10.3. The highest BCUT2D eigenvalue weighted by Crippen LogP contribution is 2.19. The third kappa shape index (κ3) is 3.04. The van der Waals surface area contributed by atoms with Gasteiger partial charge in [0.15, 0.2) is 10.9 Å². The molecule has 1 aromatic heterocycles. The van der Waals surface area contributed by atoms with Crippen LogP contribution in [0.1, 0.15) is 27.0 Å². The molecule has 2 aromatic rings. The van der Waals surface area contributed by atoms with Crippen molar-refractivity contribution in [1.82, 2.24) is 4.98 Å². The molecule has 1 amide bonds. The van der Waals surface area contributed by atoms with Crippen LogP contribution in [0.15, 0.2) is 30.5 Å². The van der Waals surface area contributed by atoms with Crippen molar-refractivity contribution in [3.63, 3.8) is 0 Å². The lowest BCUT2D eigenvalue weighted by Crippen LogP contribution is -2.11. The molecule has 0 radical (unpaired) electrons. The van der Waals surface area contributed by atoms with Crippen molar-refractivity contribution in [2.75, 3.05) is 5.32 Å². The van der Waals surface area contributed by atoms with E-state index in [1.807, 2.05) is 0 Å². The summed E-state index contributed by atoms with van der Waals surface area (Å²) in [5.74, 6) is -0.567. The van der Waals surface area contributed by atoms with E-state index in [2.05, 4.69) is 10.3 Å². The van der Waals surface area contributed by atoms with E-state index in [1.165, 1.54) is 37.4 Å². The summed E-state index contributed by atoms with van der Waals surface area (Å²) in [6.07, 6.45) is 1.39. The van der Waals surface area contributed by atoms with Crippen LogP contribution in [0.2, 0.25) is 0 Å². The number of nitro groups is 1. The first-order valence-electron chi connectivity index (χ1n) is 5.50. The minimum atomic E-state index is -0.540. The number of thiazole rings is 1. The summed E-state index contributed by atoms with van der Waals surface area (Å²) in [6, 6.07) is 5.20. The Hall–Kier alpha value is -2.61. The lowest BCUT2D eigenvalue weighted by Gasteiger charge is -2.00. The normalized spacial score (nSPS) is 10.1. The fraction of sp³-hybridized carbons (Fsp3) is 0.0833. The number of ketones is 1.